The van der Waals surface area contributed by atoms with Crippen molar-refractivity contribution >= 4 is 28.3 Å². The first kappa shape index (κ1) is 21.8. The van der Waals surface area contributed by atoms with E-state index in [1.807, 2.05) is 0 Å². The van der Waals surface area contributed by atoms with Crippen molar-refractivity contribution in [1.82, 2.24) is 9.88 Å². The van der Waals surface area contributed by atoms with Crippen LogP contribution >= 0.6 is 11.3 Å². The van der Waals surface area contributed by atoms with Crippen LogP contribution in [0.5, 0.6) is 11.5 Å². The summed E-state index contributed by atoms with van der Waals surface area (Å²) in [5.74, 6) is -0.428. The molecule has 1 aliphatic heterocycles. The Hall–Kier alpha value is -3.40. The number of likely N-dealkylation sites (tertiary alicyclic amines) is 1. The summed E-state index contributed by atoms with van der Waals surface area (Å²) < 4.78 is 44.3. The number of anilines is 1. The Labute approximate surface area is 185 Å². The first-order valence-electron chi connectivity index (χ1n) is 9.78. The van der Waals surface area contributed by atoms with E-state index in [1.165, 1.54) is 34.4 Å². The number of carbonyl (C=O) groups excluding carboxylic acids is 2. The summed E-state index contributed by atoms with van der Waals surface area (Å²) in [6, 6.07) is 10.0. The minimum atomic E-state index is -4.48. The Morgan fingerprint density at radius 1 is 1.12 bits per heavy atom. The maximum Gasteiger partial charge on any atom is 0.416 e. The number of hydrogen-bond acceptors (Lipinski definition) is 5. The largest absolute Gasteiger partial charge is 0.457 e. The van der Waals surface area contributed by atoms with Gasteiger partial charge < -0.3 is 15.0 Å². The maximum atomic E-state index is 13.1. The zero-order valence-electron chi connectivity index (χ0n) is 16.6. The molecule has 2 heterocycles. The molecule has 1 aliphatic rings. The van der Waals surface area contributed by atoms with Crippen molar-refractivity contribution in [1.29, 1.82) is 0 Å². The van der Waals surface area contributed by atoms with Gasteiger partial charge in [-0.15, -0.1) is 11.3 Å². The number of alkyl halides is 3. The summed E-state index contributed by atoms with van der Waals surface area (Å²) in [6.45, 7) is 0.424. The van der Waals surface area contributed by atoms with Crippen molar-refractivity contribution < 1.29 is 27.5 Å². The average molecular weight is 461 g/mol. The third-order valence-corrected chi connectivity index (χ3v) is 5.65. The Morgan fingerprint density at radius 3 is 2.59 bits per heavy atom. The SMILES string of the molecule is O=C(Nc1nccs1)C1CCCN1C(=O)c1cccc(Oc2cccc(C(F)(F)F)c2)c1. The van der Waals surface area contributed by atoms with E-state index in [1.54, 1.807) is 29.8 Å². The number of aromatic nitrogens is 1. The van der Waals surface area contributed by atoms with Crippen LogP contribution in [-0.2, 0) is 11.0 Å². The van der Waals surface area contributed by atoms with Crippen molar-refractivity contribution in [3.05, 3.63) is 71.2 Å². The number of nitrogens with zero attached hydrogens (tertiary/aromatic N) is 2. The highest BCUT2D eigenvalue weighted by molar-refractivity contribution is 7.13. The van der Waals surface area contributed by atoms with Gasteiger partial charge in [-0.1, -0.05) is 12.1 Å². The molecule has 2 amide bonds. The van der Waals surface area contributed by atoms with E-state index in [-0.39, 0.29) is 28.9 Å². The number of ether oxygens (including phenoxy) is 1. The highest BCUT2D eigenvalue weighted by Crippen LogP contribution is 2.33. The standard InChI is InChI=1S/C22H18F3N3O3S/c23-22(24,25)15-5-2-7-17(13-15)31-16-6-1-4-14(12-16)20(30)28-10-3-8-18(28)19(29)27-21-26-9-11-32-21/h1-2,4-7,9,11-13,18H,3,8,10H2,(H,26,27,29). The molecule has 3 aromatic rings. The van der Waals surface area contributed by atoms with Crippen LogP contribution in [0.25, 0.3) is 0 Å². The molecule has 1 unspecified atom stereocenters. The summed E-state index contributed by atoms with van der Waals surface area (Å²) in [5.41, 5.74) is -0.545. The highest BCUT2D eigenvalue weighted by Gasteiger charge is 2.35. The van der Waals surface area contributed by atoms with Gasteiger partial charge in [-0.3, -0.25) is 9.59 Å². The topological polar surface area (TPSA) is 71.5 Å². The van der Waals surface area contributed by atoms with Crippen LogP contribution in [0.2, 0.25) is 0 Å². The predicted octanol–water partition coefficient (Wildman–Crippen LogP) is 5.20. The van der Waals surface area contributed by atoms with E-state index < -0.39 is 17.8 Å². The van der Waals surface area contributed by atoms with Crippen molar-refractivity contribution in [3.63, 3.8) is 0 Å². The van der Waals surface area contributed by atoms with Gasteiger partial charge in [0.25, 0.3) is 5.91 Å². The lowest BCUT2D eigenvalue weighted by atomic mass is 10.1. The molecular formula is C22H18F3N3O3S. The summed E-state index contributed by atoms with van der Waals surface area (Å²) in [6.07, 6.45) is -1.69. The Bertz CT molecular complexity index is 1120. The molecule has 0 spiro atoms. The monoisotopic (exact) mass is 461 g/mol. The van der Waals surface area contributed by atoms with Gasteiger partial charge in [-0.2, -0.15) is 13.2 Å². The highest BCUT2D eigenvalue weighted by atomic mass is 32.1. The summed E-state index contributed by atoms with van der Waals surface area (Å²) in [5, 5.41) is 4.92. The van der Waals surface area contributed by atoms with E-state index in [2.05, 4.69) is 10.3 Å². The minimum Gasteiger partial charge on any atom is -0.457 e. The second kappa shape index (κ2) is 8.99. The van der Waals surface area contributed by atoms with Gasteiger partial charge in [0, 0.05) is 23.7 Å². The van der Waals surface area contributed by atoms with E-state index in [0.29, 0.717) is 24.5 Å². The number of halogens is 3. The fourth-order valence-electron chi connectivity index (χ4n) is 3.49. The molecule has 32 heavy (non-hydrogen) atoms. The summed E-state index contributed by atoms with van der Waals surface area (Å²) in [4.78, 5) is 31.2. The van der Waals surface area contributed by atoms with E-state index in [9.17, 15) is 22.8 Å². The predicted molar refractivity (Wildman–Crippen MR) is 113 cm³/mol. The van der Waals surface area contributed by atoms with Crippen molar-refractivity contribution in [2.45, 2.75) is 25.1 Å². The van der Waals surface area contributed by atoms with E-state index >= 15 is 0 Å². The Balaban J connectivity index is 1.49. The van der Waals surface area contributed by atoms with Gasteiger partial charge in [0.1, 0.15) is 17.5 Å². The molecule has 10 heteroatoms. The van der Waals surface area contributed by atoms with Crippen molar-refractivity contribution in [2.24, 2.45) is 0 Å². The van der Waals surface area contributed by atoms with Crippen LogP contribution in [0.4, 0.5) is 18.3 Å². The Kier molecular flexibility index (Phi) is 6.13. The first-order chi connectivity index (χ1) is 15.3. The molecular weight excluding hydrogens is 443 g/mol. The zero-order valence-corrected chi connectivity index (χ0v) is 17.4. The molecule has 0 radical (unpaired) electrons. The molecule has 2 aromatic carbocycles. The van der Waals surface area contributed by atoms with Crippen LogP contribution in [0.15, 0.2) is 60.1 Å². The first-order valence-corrected chi connectivity index (χ1v) is 10.7. The second-order valence-electron chi connectivity index (χ2n) is 7.14. The maximum absolute atomic E-state index is 13.1. The number of thiazole rings is 1. The third kappa shape index (κ3) is 4.91. The molecule has 6 nitrogen and oxygen atoms in total. The quantitative estimate of drug-likeness (QED) is 0.567. The molecule has 1 fully saturated rings. The molecule has 166 valence electrons. The van der Waals surface area contributed by atoms with Gasteiger partial charge >= 0.3 is 6.18 Å². The molecule has 1 N–H and O–H groups in total. The summed E-state index contributed by atoms with van der Waals surface area (Å²) >= 11 is 1.29. The molecule has 0 bridgehead atoms. The van der Waals surface area contributed by atoms with Gasteiger partial charge in [0.2, 0.25) is 5.91 Å². The number of amides is 2. The Morgan fingerprint density at radius 2 is 1.88 bits per heavy atom. The molecule has 1 saturated heterocycles. The van der Waals surface area contributed by atoms with Crippen LogP contribution in [-0.4, -0.2) is 34.3 Å². The van der Waals surface area contributed by atoms with E-state index in [0.717, 1.165) is 12.1 Å². The fraction of sp³-hybridized carbons (Fsp3) is 0.227. The average Bonchev–Trinajstić information content (AvgIpc) is 3.45. The normalized spacial score (nSPS) is 16.1. The zero-order chi connectivity index (χ0) is 22.7. The molecule has 0 saturated carbocycles. The number of nitrogens with one attached hydrogen (secondary N) is 1. The van der Waals surface area contributed by atoms with Crippen LogP contribution < -0.4 is 10.1 Å². The molecule has 0 aliphatic carbocycles. The number of carbonyl (C=O) groups is 2. The fourth-order valence-corrected chi connectivity index (χ4v) is 4.02. The minimum absolute atomic E-state index is 0.00583. The number of hydrogen-bond donors (Lipinski definition) is 1. The van der Waals surface area contributed by atoms with Crippen LogP contribution in [0, 0.1) is 0 Å². The number of rotatable bonds is 5. The lowest BCUT2D eigenvalue weighted by Crippen LogP contribution is -2.43. The van der Waals surface area contributed by atoms with Crippen molar-refractivity contribution in [2.75, 3.05) is 11.9 Å². The van der Waals surface area contributed by atoms with Gasteiger partial charge in [-0.05, 0) is 49.2 Å². The molecule has 1 aromatic heterocycles. The lowest BCUT2D eigenvalue weighted by Gasteiger charge is -2.23. The molecule has 4 rings (SSSR count). The van der Waals surface area contributed by atoms with Gasteiger partial charge in [0.15, 0.2) is 5.13 Å². The van der Waals surface area contributed by atoms with Crippen LogP contribution in [0.1, 0.15) is 28.8 Å². The number of benzene rings is 2. The third-order valence-electron chi connectivity index (χ3n) is 4.96. The van der Waals surface area contributed by atoms with E-state index in [4.69, 9.17) is 4.74 Å². The second-order valence-corrected chi connectivity index (χ2v) is 8.03. The van der Waals surface area contributed by atoms with Gasteiger partial charge in [0.05, 0.1) is 5.56 Å². The smallest absolute Gasteiger partial charge is 0.416 e. The lowest BCUT2D eigenvalue weighted by molar-refractivity contribution is -0.137. The summed E-state index contributed by atoms with van der Waals surface area (Å²) in [7, 11) is 0. The van der Waals surface area contributed by atoms with Crippen LogP contribution in [0.3, 0.4) is 0 Å². The van der Waals surface area contributed by atoms with Gasteiger partial charge in [-0.25, -0.2) is 4.98 Å². The molecule has 1 atom stereocenters. The van der Waals surface area contributed by atoms with Crippen molar-refractivity contribution in [3.8, 4) is 11.5 Å².